The largest absolute Gasteiger partial charge is 0.481 e. The molecule has 0 spiro atoms. The van der Waals surface area contributed by atoms with Crippen LogP contribution in [0.4, 0.5) is 0 Å². The van der Waals surface area contributed by atoms with E-state index in [0.717, 1.165) is 26.8 Å². The number of hydrogen-bond acceptors (Lipinski definition) is 4. The second-order valence-corrected chi connectivity index (χ2v) is 6.28. The maximum atomic E-state index is 12.7. The highest BCUT2D eigenvalue weighted by Crippen LogP contribution is 2.33. The summed E-state index contributed by atoms with van der Waals surface area (Å²) in [5.74, 6) is -0.848. The molecule has 1 aliphatic rings. The second kappa shape index (κ2) is 6.33. The van der Waals surface area contributed by atoms with E-state index >= 15 is 0 Å². The lowest BCUT2D eigenvalue weighted by Gasteiger charge is -2.16. The van der Waals surface area contributed by atoms with Gasteiger partial charge in [0.25, 0.3) is 5.56 Å². The summed E-state index contributed by atoms with van der Waals surface area (Å²) in [6.07, 6.45) is 0.470. The van der Waals surface area contributed by atoms with Gasteiger partial charge in [0, 0.05) is 26.2 Å². The molecule has 3 rings (SSSR count). The monoisotopic (exact) mass is 344 g/mol. The van der Waals surface area contributed by atoms with Crippen LogP contribution >= 0.6 is 0 Å². The fourth-order valence-corrected chi connectivity index (χ4v) is 3.31. The minimum absolute atomic E-state index is 0.0480. The topological polar surface area (TPSA) is 90.5 Å². The Morgan fingerprint density at radius 3 is 2.52 bits per heavy atom. The lowest BCUT2D eigenvalue weighted by Crippen LogP contribution is -2.39. The van der Waals surface area contributed by atoms with Gasteiger partial charge in [-0.2, -0.15) is 0 Å². The molecule has 1 aliphatic heterocycles. The van der Waals surface area contributed by atoms with Crippen molar-refractivity contribution in [2.45, 2.75) is 33.0 Å². The van der Waals surface area contributed by atoms with E-state index < -0.39 is 5.97 Å². The molecule has 0 aliphatic carbocycles. The molecule has 25 heavy (non-hydrogen) atoms. The van der Waals surface area contributed by atoms with Gasteiger partial charge in [-0.3, -0.25) is 14.2 Å². The SMILES string of the molecule is Cc1c(-c2ccc(CCC(=O)O)c3c2COC3)c(=O)n(C)c(=O)n1C. The zero-order chi connectivity index (χ0) is 18.3. The highest BCUT2D eigenvalue weighted by atomic mass is 16.5. The molecule has 1 aromatic carbocycles. The van der Waals surface area contributed by atoms with E-state index in [1.165, 1.54) is 11.6 Å². The molecule has 2 heterocycles. The summed E-state index contributed by atoms with van der Waals surface area (Å²) in [5, 5.41) is 8.91. The molecule has 2 aromatic rings. The number of carbonyl (C=O) groups is 1. The number of carboxylic acid groups (broad SMARTS) is 1. The van der Waals surface area contributed by atoms with Gasteiger partial charge in [-0.25, -0.2) is 4.79 Å². The van der Waals surface area contributed by atoms with Gasteiger partial charge >= 0.3 is 11.7 Å². The molecule has 0 saturated heterocycles. The van der Waals surface area contributed by atoms with Crippen molar-refractivity contribution < 1.29 is 14.6 Å². The van der Waals surface area contributed by atoms with Crippen molar-refractivity contribution in [1.29, 1.82) is 0 Å². The van der Waals surface area contributed by atoms with Crippen LogP contribution in [0.1, 0.15) is 28.8 Å². The van der Waals surface area contributed by atoms with Crippen LogP contribution in [0.25, 0.3) is 11.1 Å². The minimum atomic E-state index is -0.848. The van der Waals surface area contributed by atoms with Crippen LogP contribution in [-0.2, 0) is 43.3 Å². The molecule has 0 bridgehead atoms. The van der Waals surface area contributed by atoms with Gasteiger partial charge in [-0.15, -0.1) is 0 Å². The molecular weight excluding hydrogens is 324 g/mol. The number of carboxylic acids is 1. The van der Waals surface area contributed by atoms with Crippen LogP contribution in [0.15, 0.2) is 21.7 Å². The first kappa shape index (κ1) is 17.2. The quantitative estimate of drug-likeness (QED) is 0.897. The number of fused-ring (bicyclic) bond motifs is 1. The first-order valence-corrected chi connectivity index (χ1v) is 8.03. The Balaban J connectivity index is 2.21. The minimum Gasteiger partial charge on any atom is -0.481 e. The summed E-state index contributed by atoms with van der Waals surface area (Å²) in [5.41, 5.74) is 3.91. The van der Waals surface area contributed by atoms with Crippen molar-refractivity contribution in [1.82, 2.24) is 9.13 Å². The van der Waals surface area contributed by atoms with E-state index in [9.17, 15) is 14.4 Å². The van der Waals surface area contributed by atoms with Crippen LogP contribution in [0, 0.1) is 6.92 Å². The summed E-state index contributed by atoms with van der Waals surface area (Å²) in [7, 11) is 3.10. The molecule has 0 atom stereocenters. The lowest BCUT2D eigenvalue weighted by molar-refractivity contribution is -0.136. The Bertz CT molecular complexity index is 984. The van der Waals surface area contributed by atoms with Gasteiger partial charge in [0.1, 0.15) is 0 Å². The zero-order valence-corrected chi connectivity index (χ0v) is 14.5. The smallest absolute Gasteiger partial charge is 0.330 e. The number of nitrogens with zero attached hydrogens (tertiary/aromatic N) is 2. The van der Waals surface area contributed by atoms with E-state index in [1.54, 1.807) is 14.0 Å². The van der Waals surface area contributed by atoms with Crippen LogP contribution in [0.2, 0.25) is 0 Å². The molecular formula is C18H20N2O5. The highest BCUT2D eigenvalue weighted by molar-refractivity contribution is 5.72. The number of benzene rings is 1. The molecule has 132 valence electrons. The zero-order valence-electron chi connectivity index (χ0n) is 14.5. The predicted molar refractivity (Wildman–Crippen MR) is 91.5 cm³/mol. The Kier molecular flexibility index (Phi) is 4.34. The summed E-state index contributed by atoms with van der Waals surface area (Å²) >= 11 is 0. The van der Waals surface area contributed by atoms with E-state index in [1.807, 2.05) is 12.1 Å². The van der Waals surface area contributed by atoms with Crippen molar-refractivity contribution in [3.8, 4) is 11.1 Å². The van der Waals surface area contributed by atoms with E-state index in [2.05, 4.69) is 0 Å². The Labute approximate surface area is 144 Å². The van der Waals surface area contributed by atoms with Crippen LogP contribution in [0.5, 0.6) is 0 Å². The van der Waals surface area contributed by atoms with Crippen LogP contribution in [0.3, 0.4) is 0 Å². The van der Waals surface area contributed by atoms with Crippen LogP contribution < -0.4 is 11.2 Å². The average Bonchev–Trinajstić information content (AvgIpc) is 3.07. The van der Waals surface area contributed by atoms with Gasteiger partial charge in [-0.1, -0.05) is 12.1 Å². The third-order valence-corrected chi connectivity index (χ3v) is 4.86. The molecule has 7 nitrogen and oxygen atoms in total. The van der Waals surface area contributed by atoms with Crippen molar-refractivity contribution >= 4 is 5.97 Å². The average molecular weight is 344 g/mol. The summed E-state index contributed by atoms with van der Waals surface area (Å²) < 4.78 is 8.12. The van der Waals surface area contributed by atoms with E-state index in [4.69, 9.17) is 9.84 Å². The number of aromatic nitrogens is 2. The van der Waals surface area contributed by atoms with Gasteiger partial charge in [0.05, 0.1) is 18.8 Å². The van der Waals surface area contributed by atoms with E-state index in [0.29, 0.717) is 30.9 Å². The van der Waals surface area contributed by atoms with Crippen molar-refractivity contribution in [2.75, 3.05) is 0 Å². The predicted octanol–water partition coefficient (Wildman–Crippen LogP) is 1.11. The maximum Gasteiger partial charge on any atom is 0.330 e. The molecule has 0 radical (unpaired) electrons. The molecule has 1 aromatic heterocycles. The molecule has 7 heteroatoms. The van der Waals surface area contributed by atoms with Crippen molar-refractivity contribution in [3.63, 3.8) is 0 Å². The third-order valence-electron chi connectivity index (χ3n) is 4.86. The lowest BCUT2D eigenvalue weighted by atomic mass is 9.91. The van der Waals surface area contributed by atoms with Gasteiger partial charge in [-0.05, 0) is 35.6 Å². The Hall–Kier alpha value is -2.67. The summed E-state index contributed by atoms with van der Waals surface area (Å²) in [6.45, 7) is 2.53. The number of aliphatic carboxylic acids is 1. The van der Waals surface area contributed by atoms with Crippen LogP contribution in [-0.4, -0.2) is 20.2 Å². The van der Waals surface area contributed by atoms with Gasteiger partial charge in [0.15, 0.2) is 0 Å². The Morgan fingerprint density at radius 1 is 1.16 bits per heavy atom. The van der Waals surface area contributed by atoms with Gasteiger partial charge in [0.2, 0.25) is 0 Å². The molecule has 0 unspecified atom stereocenters. The second-order valence-electron chi connectivity index (χ2n) is 6.28. The molecule has 1 N–H and O–H groups in total. The number of aryl methyl sites for hydroxylation is 1. The fraction of sp³-hybridized carbons (Fsp3) is 0.389. The third kappa shape index (κ3) is 2.80. The van der Waals surface area contributed by atoms with Crippen molar-refractivity contribution in [3.05, 3.63) is 55.4 Å². The maximum absolute atomic E-state index is 12.7. The van der Waals surface area contributed by atoms with Gasteiger partial charge < -0.3 is 14.4 Å². The first-order valence-electron chi connectivity index (χ1n) is 8.03. The number of hydrogen-bond donors (Lipinski definition) is 1. The summed E-state index contributed by atoms with van der Waals surface area (Å²) in [4.78, 5) is 35.6. The van der Waals surface area contributed by atoms with Crippen molar-refractivity contribution in [2.24, 2.45) is 14.1 Å². The fourth-order valence-electron chi connectivity index (χ4n) is 3.31. The summed E-state index contributed by atoms with van der Waals surface area (Å²) in [6, 6.07) is 3.69. The molecule has 0 fully saturated rings. The standard InChI is InChI=1S/C18H20N2O5/c1-10-16(17(23)20(3)18(24)19(10)2)12-6-4-11(5-7-15(21)22)13-8-25-9-14(12)13/h4,6H,5,7-9H2,1-3H3,(H,21,22). The Morgan fingerprint density at radius 2 is 1.84 bits per heavy atom. The molecule has 0 amide bonds. The van der Waals surface area contributed by atoms with E-state index in [-0.39, 0.29) is 17.7 Å². The first-order chi connectivity index (χ1) is 11.8. The number of rotatable bonds is 4. The highest BCUT2D eigenvalue weighted by Gasteiger charge is 2.24. The molecule has 0 saturated carbocycles. The number of ether oxygens (including phenoxy) is 1. The normalized spacial score (nSPS) is 13.1.